The van der Waals surface area contributed by atoms with Gasteiger partial charge in [0.25, 0.3) is 0 Å². The van der Waals surface area contributed by atoms with E-state index in [4.69, 9.17) is 10.2 Å². The first-order chi connectivity index (χ1) is 10.7. The topological polar surface area (TPSA) is 83.8 Å². The fourth-order valence-electron chi connectivity index (χ4n) is 1.90. The molecule has 0 spiro atoms. The van der Waals surface area contributed by atoms with Gasteiger partial charge in [-0.3, -0.25) is 0 Å². The van der Waals surface area contributed by atoms with Gasteiger partial charge in [0.1, 0.15) is 5.75 Å². The highest BCUT2D eigenvalue weighted by molar-refractivity contribution is 5.90. The van der Waals surface area contributed by atoms with E-state index in [1.54, 1.807) is 0 Å². The third kappa shape index (κ3) is 4.00. The second kappa shape index (κ2) is 5.99. The highest BCUT2D eigenvalue weighted by Gasteiger charge is 2.32. The summed E-state index contributed by atoms with van der Waals surface area (Å²) in [7, 11) is 0. The molecule has 2 N–H and O–H groups in total. The second-order valence-electron chi connectivity index (χ2n) is 4.45. The third-order valence-electron chi connectivity index (χ3n) is 2.90. The Morgan fingerprint density at radius 2 is 1.39 bits per heavy atom. The number of carbonyl (C=O) groups is 2. The Bertz CT molecular complexity index is 751. The lowest BCUT2D eigenvalue weighted by atomic mass is 10.0. The normalized spacial score (nSPS) is 11.1. The van der Waals surface area contributed by atoms with E-state index in [0.717, 1.165) is 12.1 Å². The molecule has 0 unspecified atom stereocenters. The first-order valence-electron chi connectivity index (χ1n) is 6.14. The summed E-state index contributed by atoms with van der Waals surface area (Å²) in [6.45, 7) is 0. The standard InChI is InChI=1S/C15H9F3O5/c16-15(17,18)23-12-7-10(14(21)22)5-6-11(12)8-1-3-9(4-2-8)13(19)20/h1-7H,(H,19,20)(H,21,22). The van der Waals surface area contributed by atoms with Crippen molar-refractivity contribution in [2.45, 2.75) is 6.36 Å². The largest absolute Gasteiger partial charge is 0.573 e. The smallest absolute Gasteiger partial charge is 0.478 e. The molecule has 0 bridgehead atoms. The van der Waals surface area contributed by atoms with Gasteiger partial charge in [-0.15, -0.1) is 13.2 Å². The Hall–Kier alpha value is -3.03. The van der Waals surface area contributed by atoms with Crippen LogP contribution in [-0.2, 0) is 0 Å². The van der Waals surface area contributed by atoms with Crippen LogP contribution in [-0.4, -0.2) is 28.5 Å². The van der Waals surface area contributed by atoms with Crippen molar-refractivity contribution in [3.8, 4) is 16.9 Å². The molecule has 2 aromatic rings. The molecule has 0 saturated carbocycles. The zero-order valence-electron chi connectivity index (χ0n) is 11.3. The summed E-state index contributed by atoms with van der Waals surface area (Å²) in [5.41, 5.74) is -0.153. The average Bonchev–Trinajstić information content (AvgIpc) is 2.45. The van der Waals surface area contributed by atoms with Crippen molar-refractivity contribution in [3.05, 3.63) is 53.6 Å². The number of alkyl halides is 3. The molecule has 0 fully saturated rings. The zero-order chi connectivity index (χ0) is 17.2. The number of benzene rings is 2. The van der Waals surface area contributed by atoms with Gasteiger partial charge in [0.05, 0.1) is 11.1 Å². The Kier molecular flexibility index (Phi) is 4.26. The fourth-order valence-corrected chi connectivity index (χ4v) is 1.90. The number of hydrogen-bond acceptors (Lipinski definition) is 3. The quantitative estimate of drug-likeness (QED) is 0.896. The highest BCUT2D eigenvalue weighted by atomic mass is 19.4. The molecule has 8 heteroatoms. The predicted molar refractivity (Wildman–Crippen MR) is 72.5 cm³/mol. The van der Waals surface area contributed by atoms with Crippen molar-refractivity contribution < 1.29 is 37.7 Å². The molecule has 0 radical (unpaired) electrons. The van der Waals surface area contributed by atoms with E-state index >= 15 is 0 Å². The maximum absolute atomic E-state index is 12.5. The number of carboxylic acids is 2. The van der Waals surface area contributed by atoms with Gasteiger partial charge in [-0.25, -0.2) is 9.59 Å². The monoisotopic (exact) mass is 326 g/mol. The van der Waals surface area contributed by atoms with Gasteiger partial charge in [0.15, 0.2) is 0 Å². The summed E-state index contributed by atoms with van der Waals surface area (Å²) in [6.07, 6.45) is -4.99. The van der Waals surface area contributed by atoms with Gasteiger partial charge in [0.2, 0.25) is 0 Å². The molecule has 0 atom stereocenters. The summed E-state index contributed by atoms with van der Waals surface area (Å²) in [5.74, 6) is -3.25. The summed E-state index contributed by atoms with van der Waals surface area (Å²) in [4.78, 5) is 21.7. The summed E-state index contributed by atoms with van der Waals surface area (Å²) in [6, 6.07) is 8.12. The first-order valence-corrected chi connectivity index (χ1v) is 6.14. The minimum absolute atomic E-state index is 0.00994. The molecule has 23 heavy (non-hydrogen) atoms. The zero-order valence-corrected chi connectivity index (χ0v) is 11.3. The number of ether oxygens (including phenoxy) is 1. The van der Waals surface area contributed by atoms with Crippen molar-refractivity contribution in [1.29, 1.82) is 0 Å². The van der Waals surface area contributed by atoms with Crippen LogP contribution in [0.15, 0.2) is 42.5 Å². The van der Waals surface area contributed by atoms with Crippen LogP contribution >= 0.6 is 0 Å². The van der Waals surface area contributed by atoms with Gasteiger partial charge in [0, 0.05) is 5.56 Å². The SMILES string of the molecule is O=C(O)c1ccc(-c2ccc(C(=O)O)cc2OC(F)(F)F)cc1. The van der Waals surface area contributed by atoms with Crippen molar-refractivity contribution in [3.63, 3.8) is 0 Å². The Morgan fingerprint density at radius 1 is 0.870 bits per heavy atom. The summed E-state index contributed by atoms with van der Waals surface area (Å²) in [5, 5.41) is 17.7. The summed E-state index contributed by atoms with van der Waals surface area (Å²) >= 11 is 0. The molecule has 0 aromatic heterocycles. The third-order valence-corrected chi connectivity index (χ3v) is 2.90. The molecule has 0 aliphatic rings. The number of aromatic carboxylic acids is 2. The molecule has 2 aromatic carbocycles. The lowest BCUT2D eigenvalue weighted by molar-refractivity contribution is -0.274. The molecular weight excluding hydrogens is 317 g/mol. The Labute approximate surface area is 127 Å². The second-order valence-corrected chi connectivity index (χ2v) is 4.45. The molecule has 120 valence electrons. The van der Waals surface area contributed by atoms with Crippen molar-refractivity contribution in [1.82, 2.24) is 0 Å². The van der Waals surface area contributed by atoms with Crippen LogP contribution in [0.25, 0.3) is 11.1 Å². The van der Waals surface area contributed by atoms with Gasteiger partial charge >= 0.3 is 18.3 Å². The Morgan fingerprint density at radius 3 is 1.87 bits per heavy atom. The average molecular weight is 326 g/mol. The van der Waals surface area contributed by atoms with E-state index in [1.807, 2.05) is 0 Å². The number of rotatable bonds is 4. The van der Waals surface area contributed by atoms with Crippen LogP contribution in [0.1, 0.15) is 20.7 Å². The van der Waals surface area contributed by atoms with Gasteiger partial charge < -0.3 is 14.9 Å². The molecule has 0 aliphatic heterocycles. The van der Waals surface area contributed by atoms with Crippen LogP contribution in [0, 0.1) is 0 Å². The van der Waals surface area contributed by atoms with E-state index in [0.29, 0.717) is 0 Å². The van der Waals surface area contributed by atoms with E-state index in [2.05, 4.69) is 4.74 Å². The van der Waals surface area contributed by atoms with Gasteiger partial charge in [-0.05, 0) is 35.9 Å². The number of carboxylic acid groups (broad SMARTS) is 2. The van der Waals surface area contributed by atoms with E-state index < -0.39 is 24.1 Å². The van der Waals surface area contributed by atoms with Gasteiger partial charge in [-0.1, -0.05) is 12.1 Å². The fraction of sp³-hybridized carbons (Fsp3) is 0.0667. The lowest BCUT2D eigenvalue weighted by Gasteiger charge is -2.14. The maximum Gasteiger partial charge on any atom is 0.573 e. The molecular formula is C15H9F3O5. The summed E-state index contributed by atoms with van der Waals surface area (Å²) < 4.78 is 41.4. The molecule has 0 heterocycles. The molecule has 0 aliphatic carbocycles. The highest BCUT2D eigenvalue weighted by Crippen LogP contribution is 2.35. The maximum atomic E-state index is 12.5. The number of hydrogen-bond donors (Lipinski definition) is 2. The Balaban J connectivity index is 2.51. The van der Waals surface area contributed by atoms with E-state index in [9.17, 15) is 22.8 Å². The predicted octanol–water partition coefficient (Wildman–Crippen LogP) is 3.65. The van der Waals surface area contributed by atoms with Gasteiger partial charge in [-0.2, -0.15) is 0 Å². The molecule has 0 amide bonds. The van der Waals surface area contributed by atoms with E-state index in [1.165, 1.54) is 30.3 Å². The van der Waals surface area contributed by atoms with Crippen molar-refractivity contribution in [2.75, 3.05) is 0 Å². The minimum Gasteiger partial charge on any atom is -0.478 e. The minimum atomic E-state index is -4.99. The van der Waals surface area contributed by atoms with Crippen LogP contribution in [0.5, 0.6) is 5.75 Å². The molecule has 2 rings (SSSR count). The van der Waals surface area contributed by atoms with Crippen LogP contribution in [0.3, 0.4) is 0 Å². The first kappa shape index (κ1) is 16.3. The van der Waals surface area contributed by atoms with Crippen molar-refractivity contribution >= 4 is 11.9 Å². The number of halogens is 3. The van der Waals surface area contributed by atoms with Crippen molar-refractivity contribution in [2.24, 2.45) is 0 Å². The van der Waals surface area contributed by atoms with E-state index in [-0.39, 0.29) is 22.3 Å². The van der Waals surface area contributed by atoms with Crippen LogP contribution in [0.2, 0.25) is 0 Å². The molecule has 5 nitrogen and oxygen atoms in total. The van der Waals surface area contributed by atoms with Crippen LogP contribution in [0.4, 0.5) is 13.2 Å². The van der Waals surface area contributed by atoms with Crippen LogP contribution < -0.4 is 4.74 Å². The lowest BCUT2D eigenvalue weighted by Crippen LogP contribution is -2.18. The molecule has 0 saturated heterocycles.